The van der Waals surface area contributed by atoms with Crippen LogP contribution in [0.2, 0.25) is 0 Å². The molecule has 2 rings (SSSR count). The van der Waals surface area contributed by atoms with Crippen LogP contribution in [0, 0.1) is 0 Å². The molecule has 0 saturated carbocycles. The summed E-state index contributed by atoms with van der Waals surface area (Å²) < 4.78 is 0. The van der Waals surface area contributed by atoms with E-state index in [1.165, 1.54) is 37.9 Å². The van der Waals surface area contributed by atoms with Crippen LogP contribution in [-0.2, 0) is 0 Å². The normalized spacial score (nSPS) is 23.6. The minimum atomic E-state index is 0.505. The Labute approximate surface area is 98.2 Å². The molecule has 2 unspecified atom stereocenters. The van der Waals surface area contributed by atoms with Gasteiger partial charge in [-0.3, -0.25) is 0 Å². The molecule has 1 aromatic rings. The van der Waals surface area contributed by atoms with E-state index in [2.05, 4.69) is 41.4 Å². The minimum Gasteiger partial charge on any atom is -0.364 e. The second-order valence-electron chi connectivity index (χ2n) is 4.99. The van der Waals surface area contributed by atoms with Crippen molar-refractivity contribution in [2.75, 3.05) is 20.6 Å². The Morgan fingerprint density at radius 3 is 2.88 bits per heavy atom. The molecule has 1 aliphatic rings. The number of hydrogen-bond acceptors (Lipinski definition) is 2. The van der Waals surface area contributed by atoms with Crippen molar-refractivity contribution in [3.63, 3.8) is 0 Å². The maximum absolute atomic E-state index is 3.63. The van der Waals surface area contributed by atoms with Crippen molar-refractivity contribution in [1.82, 2.24) is 15.2 Å². The molecule has 0 aromatic carbocycles. The number of H-pyrrole nitrogens is 1. The van der Waals surface area contributed by atoms with Gasteiger partial charge < -0.3 is 15.2 Å². The summed E-state index contributed by atoms with van der Waals surface area (Å²) in [7, 11) is 4.32. The van der Waals surface area contributed by atoms with Gasteiger partial charge in [-0.05, 0) is 52.0 Å². The van der Waals surface area contributed by atoms with Gasteiger partial charge in [0.15, 0.2) is 0 Å². The summed E-state index contributed by atoms with van der Waals surface area (Å²) in [6, 6.07) is 5.46. The van der Waals surface area contributed by atoms with Crippen LogP contribution in [0.3, 0.4) is 0 Å². The Morgan fingerprint density at radius 2 is 2.31 bits per heavy atom. The molecular weight excluding hydrogens is 198 g/mol. The van der Waals surface area contributed by atoms with Crippen LogP contribution in [0.1, 0.15) is 37.4 Å². The van der Waals surface area contributed by atoms with Crippen molar-refractivity contribution in [2.45, 2.75) is 37.8 Å². The summed E-state index contributed by atoms with van der Waals surface area (Å²) in [5, 5.41) is 3.63. The van der Waals surface area contributed by atoms with Crippen LogP contribution in [0.4, 0.5) is 0 Å². The van der Waals surface area contributed by atoms with Crippen molar-refractivity contribution in [3.05, 3.63) is 24.0 Å². The smallest absolute Gasteiger partial charge is 0.0507 e. The zero-order valence-electron chi connectivity index (χ0n) is 10.4. The van der Waals surface area contributed by atoms with Crippen molar-refractivity contribution in [1.29, 1.82) is 0 Å². The molecule has 2 N–H and O–H groups in total. The summed E-state index contributed by atoms with van der Waals surface area (Å²) in [4.78, 5) is 5.65. The van der Waals surface area contributed by atoms with Crippen LogP contribution in [0.25, 0.3) is 0 Å². The maximum Gasteiger partial charge on any atom is 0.0507 e. The zero-order chi connectivity index (χ0) is 11.4. The number of piperidine rings is 1. The summed E-state index contributed by atoms with van der Waals surface area (Å²) in [5.74, 6) is 0. The first-order valence-corrected chi connectivity index (χ1v) is 6.30. The van der Waals surface area contributed by atoms with Gasteiger partial charge in [-0.15, -0.1) is 0 Å². The topological polar surface area (TPSA) is 31.1 Å². The highest BCUT2D eigenvalue weighted by molar-refractivity contribution is 5.09. The van der Waals surface area contributed by atoms with E-state index in [0.717, 1.165) is 0 Å². The predicted molar refractivity (Wildman–Crippen MR) is 67.5 cm³/mol. The van der Waals surface area contributed by atoms with Crippen molar-refractivity contribution < 1.29 is 0 Å². The lowest BCUT2D eigenvalue weighted by Crippen LogP contribution is -2.37. The predicted octanol–water partition coefficient (Wildman–Crippen LogP) is 2.15. The SMILES string of the molecule is CN(C)C(CC1CCCCN1)c1ccc[nH]1. The highest BCUT2D eigenvalue weighted by Crippen LogP contribution is 2.24. The van der Waals surface area contributed by atoms with Gasteiger partial charge in [-0.2, -0.15) is 0 Å². The van der Waals surface area contributed by atoms with E-state index in [1.807, 2.05) is 6.20 Å². The molecule has 3 heteroatoms. The Morgan fingerprint density at radius 1 is 1.44 bits per heavy atom. The van der Waals surface area contributed by atoms with Gasteiger partial charge in [-0.1, -0.05) is 6.42 Å². The molecule has 2 heterocycles. The third-order valence-corrected chi connectivity index (χ3v) is 3.52. The average Bonchev–Trinajstić information content (AvgIpc) is 2.80. The molecule has 1 fully saturated rings. The molecular formula is C13H23N3. The summed E-state index contributed by atoms with van der Waals surface area (Å²) in [6.07, 6.45) is 7.26. The van der Waals surface area contributed by atoms with Gasteiger partial charge in [-0.25, -0.2) is 0 Å². The maximum atomic E-state index is 3.63. The first kappa shape index (κ1) is 11.7. The van der Waals surface area contributed by atoms with E-state index in [1.54, 1.807) is 0 Å². The third-order valence-electron chi connectivity index (χ3n) is 3.52. The second kappa shape index (κ2) is 5.51. The van der Waals surface area contributed by atoms with Crippen LogP contribution >= 0.6 is 0 Å². The molecule has 1 aromatic heterocycles. The Bertz CT molecular complexity index is 286. The van der Waals surface area contributed by atoms with Crippen molar-refractivity contribution >= 4 is 0 Å². The van der Waals surface area contributed by atoms with Crippen LogP contribution < -0.4 is 5.32 Å². The highest BCUT2D eigenvalue weighted by Gasteiger charge is 2.21. The number of hydrogen-bond donors (Lipinski definition) is 2. The third kappa shape index (κ3) is 2.86. The monoisotopic (exact) mass is 221 g/mol. The minimum absolute atomic E-state index is 0.505. The molecule has 0 bridgehead atoms. The summed E-state index contributed by atoms with van der Waals surface area (Å²) >= 11 is 0. The standard InChI is InChI=1S/C13H23N3/c1-16(2)13(12-7-5-9-15-12)10-11-6-3-4-8-14-11/h5,7,9,11,13-15H,3-4,6,8,10H2,1-2H3. The molecule has 3 nitrogen and oxygen atoms in total. The quantitative estimate of drug-likeness (QED) is 0.816. The first-order chi connectivity index (χ1) is 7.77. The average molecular weight is 221 g/mol. The fourth-order valence-corrected chi connectivity index (χ4v) is 2.56. The molecule has 1 aliphatic heterocycles. The zero-order valence-corrected chi connectivity index (χ0v) is 10.4. The number of aromatic amines is 1. The molecule has 1 saturated heterocycles. The lowest BCUT2D eigenvalue weighted by Gasteiger charge is -2.30. The lowest BCUT2D eigenvalue weighted by molar-refractivity contribution is 0.236. The van der Waals surface area contributed by atoms with E-state index in [0.29, 0.717) is 12.1 Å². The number of rotatable bonds is 4. The van der Waals surface area contributed by atoms with Gasteiger partial charge in [0, 0.05) is 17.9 Å². The fraction of sp³-hybridized carbons (Fsp3) is 0.692. The van der Waals surface area contributed by atoms with E-state index in [-0.39, 0.29) is 0 Å². The van der Waals surface area contributed by atoms with Crippen molar-refractivity contribution in [2.24, 2.45) is 0 Å². The summed E-state index contributed by atoms with van der Waals surface area (Å²) in [5.41, 5.74) is 1.33. The number of nitrogens with zero attached hydrogens (tertiary/aromatic N) is 1. The van der Waals surface area contributed by atoms with Gasteiger partial charge in [0.05, 0.1) is 6.04 Å². The number of aromatic nitrogens is 1. The van der Waals surface area contributed by atoms with E-state index < -0.39 is 0 Å². The van der Waals surface area contributed by atoms with Crippen LogP contribution in [-0.4, -0.2) is 36.6 Å². The Hall–Kier alpha value is -0.800. The van der Waals surface area contributed by atoms with Gasteiger partial charge in [0.25, 0.3) is 0 Å². The Balaban J connectivity index is 1.97. The van der Waals surface area contributed by atoms with Crippen LogP contribution in [0.5, 0.6) is 0 Å². The molecule has 16 heavy (non-hydrogen) atoms. The van der Waals surface area contributed by atoms with E-state index in [9.17, 15) is 0 Å². The van der Waals surface area contributed by atoms with Crippen LogP contribution in [0.15, 0.2) is 18.3 Å². The molecule has 0 amide bonds. The van der Waals surface area contributed by atoms with E-state index >= 15 is 0 Å². The highest BCUT2D eigenvalue weighted by atomic mass is 15.1. The fourth-order valence-electron chi connectivity index (χ4n) is 2.56. The Kier molecular flexibility index (Phi) is 4.02. The first-order valence-electron chi connectivity index (χ1n) is 6.30. The van der Waals surface area contributed by atoms with Crippen molar-refractivity contribution in [3.8, 4) is 0 Å². The molecule has 90 valence electrons. The largest absolute Gasteiger partial charge is 0.364 e. The summed E-state index contributed by atoms with van der Waals surface area (Å²) in [6.45, 7) is 1.19. The molecule has 0 aliphatic carbocycles. The van der Waals surface area contributed by atoms with Gasteiger partial charge in [0.1, 0.15) is 0 Å². The second-order valence-corrected chi connectivity index (χ2v) is 4.99. The molecule has 2 atom stereocenters. The lowest BCUT2D eigenvalue weighted by atomic mass is 9.96. The molecule has 0 spiro atoms. The van der Waals surface area contributed by atoms with Gasteiger partial charge >= 0.3 is 0 Å². The van der Waals surface area contributed by atoms with E-state index in [4.69, 9.17) is 0 Å². The molecule has 0 radical (unpaired) electrons. The number of nitrogens with one attached hydrogen (secondary N) is 2. The van der Waals surface area contributed by atoms with Gasteiger partial charge in [0.2, 0.25) is 0 Å².